The highest BCUT2D eigenvalue weighted by molar-refractivity contribution is 7.99. The predicted molar refractivity (Wildman–Crippen MR) is 128 cm³/mol. The number of nitriles is 1. The summed E-state index contributed by atoms with van der Waals surface area (Å²) in [5, 5.41) is 17.5. The van der Waals surface area contributed by atoms with Gasteiger partial charge in [-0.25, -0.2) is 0 Å². The van der Waals surface area contributed by atoms with E-state index in [1.54, 1.807) is 4.90 Å². The van der Waals surface area contributed by atoms with Crippen LogP contribution in [0.4, 0.5) is 5.69 Å². The van der Waals surface area contributed by atoms with Gasteiger partial charge in [0.2, 0.25) is 11.8 Å². The summed E-state index contributed by atoms with van der Waals surface area (Å²) in [6.07, 6.45) is 0.262. The summed E-state index contributed by atoms with van der Waals surface area (Å²) in [5.74, 6) is 0.460. The third-order valence-electron chi connectivity index (χ3n) is 5.27. The summed E-state index contributed by atoms with van der Waals surface area (Å²) in [4.78, 5) is 14.6. The molecule has 0 unspecified atom stereocenters. The number of nitrogens with zero attached hydrogens (tertiary/aromatic N) is 4. The molecule has 0 bridgehead atoms. The van der Waals surface area contributed by atoms with Crippen LogP contribution in [-0.2, 0) is 10.2 Å². The molecule has 0 aliphatic rings. The van der Waals surface area contributed by atoms with Crippen LogP contribution >= 0.6 is 11.8 Å². The van der Waals surface area contributed by atoms with Crippen LogP contribution in [0.3, 0.4) is 0 Å². The molecule has 0 atom stereocenters. The van der Waals surface area contributed by atoms with E-state index < -0.39 is 0 Å². The molecule has 0 N–H and O–H groups in total. The maximum atomic E-state index is 12.9. The number of amides is 1. The summed E-state index contributed by atoms with van der Waals surface area (Å²) < 4.78 is 5.76. The topological polar surface area (TPSA) is 83.0 Å². The highest BCUT2D eigenvalue weighted by Gasteiger charge is 2.19. The van der Waals surface area contributed by atoms with Gasteiger partial charge >= 0.3 is 0 Å². The molecule has 1 heterocycles. The highest BCUT2D eigenvalue weighted by atomic mass is 32.2. The van der Waals surface area contributed by atoms with E-state index >= 15 is 0 Å². The van der Waals surface area contributed by atoms with E-state index in [1.807, 2.05) is 44.2 Å². The van der Waals surface area contributed by atoms with Gasteiger partial charge < -0.3 is 9.32 Å². The van der Waals surface area contributed by atoms with Crippen molar-refractivity contribution in [3.63, 3.8) is 0 Å². The Morgan fingerprint density at radius 2 is 1.81 bits per heavy atom. The standard InChI is InChI=1S/C25H28N4O2S/c1-17-7-12-21(15-18(17)2)29(14-6-13-26)22(30)16-32-24-28-27-23(31-24)19-8-10-20(11-9-19)25(3,4)5/h7-12,15H,6,14,16H2,1-5H3. The van der Waals surface area contributed by atoms with Crippen LogP contribution < -0.4 is 4.90 Å². The molecule has 1 amide bonds. The number of carbonyl (C=O) groups is 1. The molecule has 3 rings (SSSR count). The van der Waals surface area contributed by atoms with Gasteiger partial charge in [0, 0.05) is 17.8 Å². The van der Waals surface area contributed by atoms with Crippen molar-refractivity contribution in [3.8, 4) is 17.5 Å². The van der Waals surface area contributed by atoms with Gasteiger partial charge in [0.05, 0.1) is 18.2 Å². The first kappa shape index (κ1) is 23.6. The number of benzene rings is 2. The van der Waals surface area contributed by atoms with Crippen molar-refractivity contribution in [2.75, 3.05) is 17.2 Å². The Morgan fingerprint density at radius 1 is 1.09 bits per heavy atom. The molecule has 0 fully saturated rings. The van der Waals surface area contributed by atoms with Crippen LogP contribution in [0.1, 0.15) is 43.9 Å². The fraction of sp³-hybridized carbons (Fsp3) is 0.360. The fourth-order valence-corrected chi connectivity index (χ4v) is 3.79. The minimum absolute atomic E-state index is 0.0716. The summed E-state index contributed by atoms with van der Waals surface area (Å²) in [7, 11) is 0. The number of rotatable bonds is 7. The molecule has 0 aliphatic heterocycles. The van der Waals surface area contributed by atoms with E-state index in [9.17, 15) is 4.79 Å². The lowest BCUT2D eigenvalue weighted by molar-refractivity contribution is -0.116. The molecule has 0 aliphatic carbocycles. The molecule has 6 nitrogen and oxygen atoms in total. The van der Waals surface area contributed by atoms with Crippen molar-refractivity contribution in [1.82, 2.24) is 10.2 Å². The van der Waals surface area contributed by atoms with E-state index in [1.165, 1.54) is 17.3 Å². The van der Waals surface area contributed by atoms with E-state index in [4.69, 9.17) is 9.68 Å². The second-order valence-corrected chi connectivity index (χ2v) is 9.64. The molecule has 0 radical (unpaired) electrons. The third kappa shape index (κ3) is 5.77. The fourth-order valence-electron chi connectivity index (χ4n) is 3.15. The van der Waals surface area contributed by atoms with Crippen molar-refractivity contribution in [3.05, 3.63) is 59.2 Å². The Morgan fingerprint density at radius 3 is 2.44 bits per heavy atom. The zero-order valence-corrected chi connectivity index (χ0v) is 20.0. The molecule has 32 heavy (non-hydrogen) atoms. The lowest BCUT2D eigenvalue weighted by Gasteiger charge is -2.22. The van der Waals surface area contributed by atoms with E-state index in [-0.39, 0.29) is 23.5 Å². The molecule has 166 valence electrons. The Hall–Kier alpha value is -3.11. The van der Waals surface area contributed by atoms with Gasteiger partial charge in [-0.2, -0.15) is 5.26 Å². The van der Waals surface area contributed by atoms with Crippen LogP contribution in [0.25, 0.3) is 11.5 Å². The minimum atomic E-state index is -0.109. The molecular weight excluding hydrogens is 420 g/mol. The van der Waals surface area contributed by atoms with Crippen molar-refractivity contribution in [2.24, 2.45) is 0 Å². The molecule has 0 saturated heterocycles. The average Bonchev–Trinajstić information content (AvgIpc) is 3.23. The molecule has 0 spiro atoms. The van der Waals surface area contributed by atoms with Crippen LogP contribution in [0.5, 0.6) is 0 Å². The van der Waals surface area contributed by atoms with E-state index in [0.717, 1.165) is 22.4 Å². The lowest BCUT2D eigenvalue weighted by atomic mass is 9.87. The van der Waals surface area contributed by atoms with Crippen molar-refractivity contribution >= 4 is 23.4 Å². The normalized spacial score (nSPS) is 11.2. The van der Waals surface area contributed by atoms with Crippen LogP contribution in [0.15, 0.2) is 52.1 Å². The van der Waals surface area contributed by atoms with Crippen LogP contribution in [0, 0.1) is 25.2 Å². The van der Waals surface area contributed by atoms with Crippen molar-refractivity contribution in [1.29, 1.82) is 5.26 Å². The van der Waals surface area contributed by atoms with Crippen LogP contribution in [-0.4, -0.2) is 28.4 Å². The summed E-state index contributed by atoms with van der Waals surface area (Å²) in [6.45, 7) is 10.9. The molecule has 3 aromatic rings. The molecule has 2 aromatic carbocycles. The number of hydrogen-bond donors (Lipinski definition) is 0. The van der Waals surface area contributed by atoms with Gasteiger partial charge in [0.1, 0.15) is 0 Å². The summed E-state index contributed by atoms with van der Waals surface area (Å²) in [5.41, 5.74) is 5.19. The quantitative estimate of drug-likeness (QED) is 0.432. The predicted octanol–water partition coefficient (Wildman–Crippen LogP) is 5.69. The zero-order chi connectivity index (χ0) is 23.3. The minimum Gasteiger partial charge on any atom is -0.411 e. The Kier molecular flexibility index (Phi) is 7.37. The van der Waals surface area contributed by atoms with Gasteiger partial charge in [0.15, 0.2) is 0 Å². The largest absolute Gasteiger partial charge is 0.411 e. The SMILES string of the molecule is Cc1ccc(N(CCC#N)C(=O)CSc2nnc(-c3ccc(C(C)(C)C)cc3)o2)cc1C. The monoisotopic (exact) mass is 448 g/mol. The first-order chi connectivity index (χ1) is 15.2. The Labute approximate surface area is 193 Å². The lowest BCUT2D eigenvalue weighted by Crippen LogP contribution is -2.33. The second kappa shape index (κ2) is 10.0. The number of hydrogen-bond acceptors (Lipinski definition) is 6. The Bertz CT molecular complexity index is 1120. The van der Waals surface area contributed by atoms with Crippen molar-refractivity contribution in [2.45, 2.75) is 51.7 Å². The number of aromatic nitrogens is 2. The summed E-state index contributed by atoms with van der Waals surface area (Å²) in [6, 6.07) is 16.0. The zero-order valence-electron chi connectivity index (χ0n) is 19.2. The van der Waals surface area contributed by atoms with Crippen LogP contribution in [0.2, 0.25) is 0 Å². The smallest absolute Gasteiger partial charge is 0.277 e. The highest BCUT2D eigenvalue weighted by Crippen LogP contribution is 2.28. The van der Waals surface area contributed by atoms with Gasteiger partial charge in [-0.1, -0.05) is 50.7 Å². The second-order valence-electron chi connectivity index (χ2n) is 8.71. The molecular formula is C25H28N4O2S. The van der Waals surface area contributed by atoms with Crippen molar-refractivity contribution < 1.29 is 9.21 Å². The van der Waals surface area contributed by atoms with Gasteiger partial charge in [0.25, 0.3) is 5.22 Å². The average molecular weight is 449 g/mol. The Balaban J connectivity index is 1.68. The maximum Gasteiger partial charge on any atom is 0.277 e. The first-order valence-electron chi connectivity index (χ1n) is 10.5. The summed E-state index contributed by atoms with van der Waals surface area (Å²) >= 11 is 1.20. The third-order valence-corrected chi connectivity index (χ3v) is 6.08. The molecule has 7 heteroatoms. The molecule has 0 saturated carbocycles. The first-order valence-corrected chi connectivity index (χ1v) is 11.5. The van der Waals surface area contributed by atoms with E-state index in [0.29, 0.717) is 17.7 Å². The van der Waals surface area contributed by atoms with Gasteiger partial charge in [-0.05, 0) is 60.2 Å². The maximum absolute atomic E-state index is 12.9. The van der Waals surface area contributed by atoms with Gasteiger partial charge in [-0.15, -0.1) is 10.2 Å². The number of aryl methyl sites for hydroxylation is 2. The molecule has 1 aromatic heterocycles. The van der Waals surface area contributed by atoms with Gasteiger partial charge in [-0.3, -0.25) is 4.79 Å². The number of anilines is 1. The van der Waals surface area contributed by atoms with E-state index in [2.05, 4.69) is 49.2 Å². The number of thioether (sulfide) groups is 1. The number of carbonyl (C=O) groups excluding carboxylic acids is 1.